The van der Waals surface area contributed by atoms with Crippen molar-refractivity contribution >= 4 is 23.2 Å². The third kappa shape index (κ3) is 3.89. The van der Waals surface area contributed by atoms with E-state index in [1.807, 2.05) is 0 Å². The molecule has 1 fully saturated rings. The number of rotatable bonds is 4. The predicted molar refractivity (Wildman–Crippen MR) is 73.9 cm³/mol. The van der Waals surface area contributed by atoms with Crippen molar-refractivity contribution in [1.29, 1.82) is 0 Å². The molecule has 1 amide bonds. The first-order chi connectivity index (χ1) is 8.98. The van der Waals surface area contributed by atoms with E-state index >= 15 is 0 Å². The van der Waals surface area contributed by atoms with Gasteiger partial charge in [0.1, 0.15) is 5.82 Å². The van der Waals surface area contributed by atoms with Gasteiger partial charge in [0.25, 0.3) is 0 Å². The minimum Gasteiger partial charge on any atom is -0.322 e. The molecule has 1 heterocycles. The van der Waals surface area contributed by atoms with Gasteiger partial charge in [-0.15, -0.1) is 0 Å². The molecule has 0 aliphatic carbocycles. The molecule has 1 unspecified atom stereocenters. The SMILES string of the molecule is CC1(NCC(=O)Nc2ccc(Cl)cc2F)CCNC1. The summed E-state index contributed by atoms with van der Waals surface area (Å²) in [7, 11) is 0. The van der Waals surface area contributed by atoms with Crippen LogP contribution in [0, 0.1) is 5.82 Å². The van der Waals surface area contributed by atoms with Crippen molar-refractivity contribution in [2.75, 3.05) is 25.0 Å². The molecule has 19 heavy (non-hydrogen) atoms. The quantitative estimate of drug-likeness (QED) is 0.790. The summed E-state index contributed by atoms with van der Waals surface area (Å²) < 4.78 is 13.5. The Kier molecular flexibility index (Phi) is 4.39. The van der Waals surface area contributed by atoms with E-state index in [4.69, 9.17) is 11.6 Å². The van der Waals surface area contributed by atoms with Crippen molar-refractivity contribution in [2.24, 2.45) is 0 Å². The highest BCUT2D eigenvalue weighted by Crippen LogP contribution is 2.19. The molecule has 1 saturated heterocycles. The first-order valence-electron chi connectivity index (χ1n) is 6.19. The normalized spacial score (nSPS) is 22.5. The maximum atomic E-state index is 13.5. The van der Waals surface area contributed by atoms with Crippen molar-refractivity contribution < 1.29 is 9.18 Å². The van der Waals surface area contributed by atoms with Crippen LogP contribution in [0.25, 0.3) is 0 Å². The standard InChI is InChI=1S/C13H17ClFN3O/c1-13(4-5-16-8-13)17-7-12(19)18-11-3-2-9(14)6-10(11)15/h2-3,6,16-17H,4-5,7-8H2,1H3,(H,18,19). The Morgan fingerprint density at radius 1 is 1.58 bits per heavy atom. The van der Waals surface area contributed by atoms with Crippen molar-refractivity contribution in [1.82, 2.24) is 10.6 Å². The van der Waals surface area contributed by atoms with Gasteiger partial charge in [0.05, 0.1) is 12.2 Å². The first-order valence-corrected chi connectivity index (χ1v) is 6.57. The monoisotopic (exact) mass is 285 g/mol. The van der Waals surface area contributed by atoms with Crippen LogP contribution in [0.2, 0.25) is 5.02 Å². The van der Waals surface area contributed by atoms with E-state index in [1.165, 1.54) is 18.2 Å². The molecule has 0 bridgehead atoms. The Balaban J connectivity index is 1.87. The van der Waals surface area contributed by atoms with Crippen LogP contribution >= 0.6 is 11.6 Å². The second-order valence-electron chi connectivity index (χ2n) is 5.01. The third-order valence-electron chi connectivity index (χ3n) is 3.25. The molecule has 1 atom stereocenters. The lowest BCUT2D eigenvalue weighted by atomic mass is 10.0. The molecular weight excluding hydrogens is 269 g/mol. The number of nitrogens with one attached hydrogen (secondary N) is 3. The van der Waals surface area contributed by atoms with Crippen LogP contribution in [0.4, 0.5) is 10.1 Å². The van der Waals surface area contributed by atoms with Crippen LogP contribution in [-0.4, -0.2) is 31.1 Å². The average Bonchev–Trinajstić information content (AvgIpc) is 2.78. The Hall–Kier alpha value is -1.17. The zero-order chi connectivity index (χ0) is 13.9. The molecule has 1 aliphatic heterocycles. The summed E-state index contributed by atoms with van der Waals surface area (Å²) >= 11 is 5.65. The number of hydrogen-bond donors (Lipinski definition) is 3. The lowest BCUT2D eigenvalue weighted by molar-refractivity contribution is -0.115. The van der Waals surface area contributed by atoms with Gasteiger partial charge in [0.15, 0.2) is 0 Å². The number of carbonyl (C=O) groups excluding carboxylic acids is 1. The van der Waals surface area contributed by atoms with Gasteiger partial charge in [-0.05, 0) is 38.1 Å². The molecular formula is C13H17ClFN3O. The van der Waals surface area contributed by atoms with Gasteiger partial charge in [-0.2, -0.15) is 0 Å². The molecule has 4 nitrogen and oxygen atoms in total. The van der Waals surface area contributed by atoms with Crippen LogP contribution in [0.5, 0.6) is 0 Å². The molecule has 0 radical (unpaired) electrons. The maximum Gasteiger partial charge on any atom is 0.238 e. The van der Waals surface area contributed by atoms with Gasteiger partial charge >= 0.3 is 0 Å². The Morgan fingerprint density at radius 3 is 3.00 bits per heavy atom. The van der Waals surface area contributed by atoms with Crippen LogP contribution < -0.4 is 16.0 Å². The highest BCUT2D eigenvalue weighted by molar-refractivity contribution is 6.30. The first kappa shape index (κ1) is 14.2. The van der Waals surface area contributed by atoms with E-state index < -0.39 is 5.82 Å². The van der Waals surface area contributed by atoms with Crippen molar-refractivity contribution in [3.8, 4) is 0 Å². The van der Waals surface area contributed by atoms with E-state index in [0.717, 1.165) is 19.5 Å². The van der Waals surface area contributed by atoms with Crippen molar-refractivity contribution in [3.63, 3.8) is 0 Å². The smallest absolute Gasteiger partial charge is 0.238 e. The van der Waals surface area contributed by atoms with E-state index in [-0.39, 0.29) is 23.7 Å². The van der Waals surface area contributed by atoms with E-state index in [1.54, 1.807) is 0 Å². The molecule has 1 aromatic carbocycles. The van der Waals surface area contributed by atoms with E-state index in [0.29, 0.717) is 5.02 Å². The fourth-order valence-corrected chi connectivity index (χ4v) is 2.21. The van der Waals surface area contributed by atoms with Crippen LogP contribution in [0.15, 0.2) is 18.2 Å². The van der Waals surface area contributed by atoms with Crippen molar-refractivity contribution in [3.05, 3.63) is 29.0 Å². The number of benzene rings is 1. The summed E-state index contributed by atoms with van der Waals surface area (Å²) in [4.78, 5) is 11.8. The molecule has 1 aliphatic rings. The minimum absolute atomic E-state index is 0.0735. The average molecular weight is 286 g/mol. The molecule has 0 spiro atoms. The number of amides is 1. The second kappa shape index (κ2) is 5.86. The van der Waals surface area contributed by atoms with Crippen molar-refractivity contribution in [2.45, 2.75) is 18.9 Å². The largest absolute Gasteiger partial charge is 0.322 e. The zero-order valence-electron chi connectivity index (χ0n) is 10.7. The van der Waals surface area contributed by atoms with Crippen LogP contribution in [-0.2, 0) is 4.79 Å². The summed E-state index contributed by atoms with van der Waals surface area (Å²) in [6, 6.07) is 4.16. The molecule has 2 rings (SSSR count). The van der Waals surface area contributed by atoms with Gasteiger partial charge in [0, 0.05) is 17.1 Å². The summed E-state index contributed by atoms with van der Waals surface area (Å²) in [5.74, 6) is -0.802. The Labute approximate surface area is 116 Å². The molecule has 0 aromatic heterocycles. The second-order valence-corrected chi connectivity index (χ2v) is 5.45. The van der Waals surface area contributed by atoms with Gasteiger partial charge < -0.3 is 16.0 Å². The number of carbonyl (C=O) groups is 1. The van der Waals surface area contributed by atoms with Gasteiger partial charge in [-0.1, -0.05) is 11.6 Å². The summed E-state index contributed by atoms with van der Waals surface area (Å²) in [6.45, 7) is 3.98. The maximum absolute atomic E-state index is 13.5. The highest BCUT2D eigenvalue weighted by Gasteiger charge is 2.28. The molecule has 1 aromatic rings. The summed E-state index contributed by atoms with van der Waals surface area (Å²) in [5, 5.41) is 9.25. The summed E-state index contributed by atoms with van der Waals surface area (Å²) in [6.07, 6.45) is 0.968. The van der Waals surface area contributed by atoms with E-state index in [9.17, 15) is 9.18 Å². The van der Waals surface area contributed by atoms with Crippen LogP contribution in [0.1, 0.15) is 13.3 Å². The minimum atomic E-state index is -0.533. The van der Waals surface area contributed by atoms with Gasteiger partial charge in [-0.3, -0.25) is 4.79 Å². The molecule has 0 saturated carbocycles. The Morgan fingerprint density at radius 2 is 2.37 bits per heavy atom. The summed E-state index contributed by atoms with van der Waals surface area (Å²) in [5.41, 5.74) is 0.0708. The topological polar surface area (TPSA) is 53.2 Å². The molecule has 3 N–H and O–H groups in total. The fourth-order valence-electron chi connectivity index (χ4n) is 2.05. The fraction of sp³-hybridized carbons (Fsp3) is 0.462. The van der Waals surface area contributed by atoms with Gasteiger partial charge in [-0.25, -0.2) is 4.39 Å². The molecule has 6 heteroatoms. The predicted octanol–water partition coefficient (Wildman–Crippen LogP) is 1.76. The number of halogens is 2. The lowest BCUT2D eigenvalue weighted by Crippen LogP contribution is -2.47. The number of anilines is 1. The number of hydrogen-bond acceptors (Lipinski definition) is 3. The van der Waals surface area contributed by atoms with Gasteiger partial charge in [0.2, 0.25) is 5.91 Å². The van der Waals surface area contributed by atoms with E-state index in [2.05, 4.69) is 22.9 Å². The lowest BCUT2D eigenvalue weighted by Gasteiger charge is -2.24. The van der Waals surface area contributed by atoms with Crippen LogP contribution in [0.3, 0.4) is 0 Å². The third-order valence-corrected chi connectivity index (χ3v) is 3.48. The highest BCUT2D eigenvalue weighted by atomic mass is 35.5. The zero-order valence-corrected chi connectivity index (χ0v) is 11.5. The molecule has 104 valence electrons. The Bertz CT molecular complexity index is 475.